The van der Waals surface area contributed by atoms with Gasteiger partial charge < -0.3 is 10.6 Å². The van der Waals surface area contributed by atoms with E-state index in [-0.39, 0.29) is 11.3 Å². The van der Waals surface area contributed by atoms with Crippen LogP contribution in [0.25, 0.3) is 0 Å². The number of rotatable bonds is 3. The SMILES string of the molecule is NC(=O)c1c(N2CCCC2)cccc1[N+](=O)[O-]. The van der Waals surface area contributed by atoms with Gasteiger partial charge in [0.1, 0.15) is 5.56 Å². The highest BCUT2D eigenvalue weighted by atomic mass is 16.6. The van der Waals surface area contributed by atoms with Crippen LogP contribution in [0, 0.1) is 10.1 Å². The lowest BCUT2D eigenvalue weighted by atomic mass is 10.1. The zero-order valence-electron chi connectivity index (χ0n) is 9.26. The number of hydrogen-bond donors (Lipinski definition) is 1. The first kappa shape index (κ1) is 11.4. The summed E-state index contributed by atoms with van der Waals surface area (Å²) in [5.41, 5.74) is 5.62. The van der Waals surface area contributed by atoms with Crippen molar-refractivity contribution in [2.75, 3.05) is 18.0 Å². The Morgan fingerprint density at radius 2 is 2.00 bits per heavy atom. The van der Waals surface area contributed by atoms with Gasteiger partial charge in [-0.15, -0.1) is 0 Å². The van der Waals surface area contributed by atoms with Gasteiger partial charge in [-0.3, -0.25) is 14.9 Å². The van der Waals surface area contributed by atoms with Crippen molar-refractivity contribution in [2.45, 2.75) is 12.8 Å². The second-order valence-corrected chi connectivity index (χ2v) is 3.99. The van der Waals surface area contributed by atoms with Crippen molar-refractivity contribution in [1.82, 2.24) is 0 Å². The third-order valence-electron chi connectivity index (χ3n) is 2.91. The summed E-state index contributed by atoms with van der Waals surface area (Å²) in [5, 5.41) is 10.9. The van der Waals surface area contributed by atoms with E-state index in [1.54, 1.807) is 12.1 Å². The molecule has 0 spiro atoms. The Hall–Kier alpha value is -2.11. The first-order valence-corrected chi connectivity index (χ1v) is 5.43. The van der Waals surface area contributed by atoms with Crippen LogP contribution in [-0.2, 0) is 0 Å². The number of carbonyl (C=O) groups excluding carboxylic acids is 1. The molecule has 17 heavy (non-hydrogen) atoms. The molecule has 1 aromatic carbocycles. The number of nitrogens with two attached hydrogens (primary N) is 1. The lowest BCUT2D eigenvalue weighted by Gasteiger charge is -2.19. The molecule has 1 aromatic rings. The van der Waals surface area contributed by atoms with Crippen LogP contribution in [0.4, 0.5) is 11.4 Å². The minimum absolute atomic E-state index is 0.0133. The number of benzene rings is 1. The fraction of sp³-hybridized carbons (Fsp3) is 0.364. The maximum absolute atomic E-state index is 11.4. The van der Waals surface area contributed by atoms with E-state index >= 15 is 0 Å². The molecule has 0 aromatic heterocycles. The zero-order valence-corrected chi connectivity index (χ0v) is 9.26. The molecule has 1 saturated heterocycles. The average molecular weight is 235 g/mol. The molecular weight excluding hydrogens is 222 g/mol. The molecule has 0 atom stereocenters. The summed E-state index contributed by atoms with van der Waals surface area (Å²) < 4.78 is 0. The van der Waals surface area contributed by atoms with Crippen LogP contribution < -0.4 is 10.6 Å². The minimum atomic E-state index is -0.751. The number of nitro groups is 1. The first-order valence-electron chi connectivity index (χ1n) is 5.43. The van der Waals surface area contributed by atoms with Crippen LogP contribution >= 0.6 is 0 Å². The predicted molar refractivity (Wildman–Crippen MR) is 63.1 cm³/mol. The van der Waals surface area contributed by atoms with Gasteiger partial charge in [0, 0.05) is 19.2 Å². The Kier molecular flexibility index (Phi) is 2.95. The monoisotopic (exact) mass is 235 g/mol. The van der Waals surface area contributed by atoms with Crippen LogP contribution in [0.1, 0.15) is 23.2 Å². The quantitative estimate of drug-likeness (QED) is 0.631. The lowest BCUT2D eigenvalue weighted by molar-refractivity contribution is -0.385. The molecule has 6 heteroatoms. The van der Waals surface area contributed by atoms with E-state index in [1.807, 2.05) is 4.90 Å². The van der Waals surface area contributed by atoms with E-state index in [0.717, 1.165) is 25.9 Å². The molecule has 6 nitrogen and oxygen atoms in total. The summed E-state index contributed by atoms with van der Waals surface area (Å²) in [7, 11) is 0. The van der Waals surface area contributed by atoms with E-state index in [0.29, 0.717) is 5.69 Å². The number of hydrogen-bond acceptors (Lipinski definition) is 4. The molecule has 1 amide bonds. The average Bonchev–Trinajstić information content (AvgIpc) is 2.81. The molecular formula is C11H13N3O3. The van der Waals surface area contributed by atoms with Gasteiger partial charge in [-0.2, -0.15) is 0 Å². The molecule has 0 saturated carbocycles. The highest BCUT2D eigenvalue weighted by molar-refractivity contribution is 6.02. The van der Waals surface area contributed by atoms with E-state index in [4.69, 9.17) is 5.73 Å². The lowest BCUT2D eigenvalue weighted by Crippen LogP contribution is -2.24. The van der Waals surface area contributed by atoms with E-state index < -0.39 is 10.8 Å². The normalized spacial score (nSPS) is 14.9. The Labute approximate surface area is 98.2 Å². The van der Waals surface area contributed by atoms with Gasteiger partial charge in [-0.05, 0) is 18.9 Å². The maximum atomic E-state index is 11.4. The molecule has 1 heterocycles. The molecule has 2 rings (SSSR count). The van der Waals surface area contributed by atoms with E-state index in [1.165, 1.54) is 6.07 Å². The van der Waals surface area contributed by atoms with E-state index in [9.17, 15) is 14.9 Å². The van der Waals surface area contributed by atoms with Crippen LogP contribution in [-0.4, -0.2) is 23.9 Å². The largest absolute Gasteiger partial charge is 0.371 e. The molecule has 90 valence electrons. The highest BCUT2D eigenvalue weighted by Gasteiger charge is 2.26. The molecule has 1 aliphatic heterocycles. The Balaban J connectivity index is 2.54. The van der Waals surface area contributed by atoms with Gasteiger partial charge in [0.2, 0.25) is 0 Å². The van der Waals surface area contributed by atoms with Crippen molar-refractivity contribution in [3.63, 3.8) is 0 Å². The van der Waals surface area contributed by atoms with E-state index in [2.05, 4.69) is 0 Å². The third-order valence-corrected chi connectivity index (χ3v) is 2.91. The van der Waals surface area contributed by atoms with Crippen LogP contribution in [0.5, 0.6) is 0 Å². The van der Waals surface area contributed by atoms with Crippen molar-refractivity contribution in [3.8, 4) is 0 Å². The summed E-state index contributed by atoms with van der Waals surface area (Å²) in [6.07, 6.45) is 2.06. The van der Waals surface area contributed by atoms with Crippen molar-refractivity contribution < 1.29 is 9.72 Å². The maximum Gasteiger partial charge on any atom is 0.284 e. The number of amides is 1. The standard InChI is InChI=1S/C11H13N3O3/c12-11(15)10-8(13-6-1-2-7-13)4-3-5-9(10)14(16)17/h3-5H,1-2,6-7H2,(H2,12,15). The van der Waals surface area contributed by atoms with Crippen molar-refractivity contribution >= 4 is 17.3 Å². The molecule has 0 bridgehead atoms. The summed E-state index contributed by atoms with van der Waals surface area (Å²) in [6, 6.07) is 4.59. The molecule has 2 N–H and O–H groups in total. The first-order chi connectivity index (χ1) is 8.11. The number of nitrogens with zero attached hydrogens (tertiary/aromatic N) is 2. The van der Waals surface area contributed by atoms with Crippen LogP contribution in [0.15, 0.2) is 18.2 Å². The summed E-state index contributed by atoms with van der Waals surface area (Å²) in [5.74, 6) is -0.751. The smallest absolute Gasteiger partial charge is 0.284 e. The van der Waals surface area contributed by atoms with Crippen molar-refractivity contribution in [1.29, 1.82) is 0 Å². The molecule has 1 aliphatic rings. The predicted octanol–water partition coefficient (Wildman–Crippen LogP) is 1.29. The molecule has 0 radical (unpaired) electrons. The fourth-order valence-electron chi connectivity index (χ4n) is 2.15. The number of carbonyl (C=O) groups is 1. The summed E-state index contributed by atoms with van der Waals surface area (Å²) >= 11 is 0. The van der Waals surface area contributed by atoms with Crippen LogP contribution in [0.3, 0.4) is 0 Å². The van der Waals surface area contributed by atoms with Gasteiger partial charge in [0.15, 0.2) is 0 Å². The van der Waals surface area contributed by atoms with Gasteiger partial charge in [0.05, 0.1) is 10.6 Å². The Morgan fingerprint density at radius 1 is 1.35 bits per heavy atom. The molecule has 1 fully saturated rings. The van der Waals surface area contributed by atoms with Crippen molar-refractivity contribution in [3.05, 3.63) is 33.9 Å². The Bertz CT molecular complexity index is 467. The summed E-state index contributed by atoms with van der Waals surface area (Å²) in [6.45, 7) is 1.61. The number of anilines is 1. The Morgan fingerprint density at radius 3 is 2.53 bits per heavy atom. The minimum Gasteiger partial charge on any atom is -0.371 e. The fourth-order valence-corrected chi connectivity index (χ4v) is 2.15. The highest BCUT2D eigenvalue weighted by Crippen LogP contribution is 2.30. The summed E-state index contributed by atoms with van der Waals surface area (Å²) in [4.78, 5) is 23.7. The second-order valence-electron chi connectivity index (χ2n) is 3.99. The zero-order chi connectivity index (χ0) is 12.4. The second kappa shape index (κ2) is 4.40. The van der Waals surface area contributed by atoms with Gasteiger partial charge >= 0.3 is 0 Å². The van der Waals surface area contributed by atoms with Gasteiger partial charge in [0.25, 0.3) is 11.6 Å². The molecule has 0 aliphatic carbocycles. The topological polar surface area (TPSA) is 89.5 Å². The van der Waals surface area contributed by atoms with Crippen LogP contribution in [0.2, 0.25) is 0 Å². The number of nitro benzene ring substituents is 1. The molecule has 0 unspecified atom stereocenters. The van der Waals surface area contributed by atoms with Gasteiger partial charge in [-0.25, -0.2) is 0 Å². The van der Waals surface area contributed by atoms with Gasteiger partial charge in [-0.1, -0.05) is 6.07 Å². The third kappa shape index (κ3) is 2.06. The van der Waals surface area contributed by atoms with Crippen molar-refractivity contribution in [2.24, 2.45) is 5.73 Å². The number of primary amides is 1.